The molecule has 3 heterocycles. The van der Waals surface area contributed by atoms with Gasteiger partial charge >= 0.3 is 0 Å². The zero-order chi connectivity index (χ0) is 26.6. The summed E-state index contributed by atoms with van der Waals surface area (Å²) < 4.78 is 6.47. The summed E-state index contributed by atoms with van der Waals surface area (Å²) in [4.78, 5) is 19.0. The Hall–Kier alpha value is -3.88. The molecule has 0 saturated heterocycles. The molecule has 2 aromatic carbocycles. The lowest BCUT2D eigenvalue weighted by atomic mass is 9.93. The van der Waals surface area contributed by atoms with E-state index in [0.29, 0.717) is 12.4 Å². The average molecular weight is 538 g/mol. The summed E-state index contributed by atoms with van der Waals surface area (Å²) in [7, 11) is 1.65. The van der Waals surface area contributed by atoms with Crippen LogP contribution in [0.25, 0.3) is 21.3 Å². The minimum absolute atomic E-state index is 0.191. The first-order valence-electron chi connectivity index (χ1n) is 13.4. The molecule has 1 fully saturated rings. The van der Waals surface area contributed by atoms with Gasteiger partial charge in [0.25, 0.3) is 0 Å². The molecule has 0 radical (unpaired) electrons. The highest BCUT2D eigenvalue weighted by atomic mass is 32.1. The number of pyridine rings is 1. The van der Waals surface area contributed by atoms with Gasteiger partial charge in [0, 0.05) is 30.6 Å². The molecule has 0 atom stereocenters. The van der Waals surface area contributed by atoms with Gasteiger partial charge in [-0.05, 0) is 61.1 Å². The lowest BCUT2D eigenvalue weighted by molar-refractivity contribution is 0.126. The fourth-order valence-electron chi connectivity index (χ4n) is 5.08. The standard InChI is InChI=1S/C31H31N5O2S/c1-38-27-14-22(18-32-19-27)21-7-12-28-29(15-21)39-30(36-28)17-25-16-24(13-20-5-3-2-4-6-20)34-31(35-25)33-23-8-10-26(37)11-9-23/h2-7,12,14-16,18-19,23,26,37H,8-11,13,17H2,1H3,(H,33,34,35). The molecule has 0 spiro atoms. The van der Waals surface area contributed by atoms with Crippen LogP contribution in [0.2, 0.25) is 0 Å². The molecule has 7 nitrogen and oxygen atoms in total. The molecular formula is C31H31N5O2S. The first-order chi connectivity index (χ1) is 19.1. The predicted molar refractivity (Wildman–Crippen MR) is 155 cm³/mol. The van der Waals surface area contributed by atoms with Gasteiger partial charge in [-0.15, -0.1) is 11.3 Å². The van der Waals surface area contributed by atoms with Crippen molar-refractivity contribution >= 4 is 27.5 Å². The van der Waals surface area contributed by atoms with Crippen LogP contribution in [0.15, 0.2) is 73.1 Å². The van der Waals surface area contributed by atoms with Crippen LogP contribution in [0.1, 0.15) is 47.6 Å². The van der Waals surface area contributed by atoms with Crippen molar-refractivity contribution in [2.75, 3.05) is 12.4 Å². The quantitative estimate of drug-likeness (QED) is 0.249. The number of ether oxygens (including phenoxy) is 1. The molecule has 8 heteroatoms. The monoisotopic (exact) mass is 537 g/mol. The smallest absolute Gasteiger partial charge is 0.223 e. The normalized spacial score (nSPS) is 17.3. The highest BCUT2D eigenvalue weighted by Crippen LogP contribution is 2.30. The molecule has 1 aliphatic rings. The lowest BCUT2D eigenvalue weighted by Crippen LogP contribution is -2.29. The molecule has 6 rings (SSSR count). The molecule has 3 aromatic heterocycles. The van der Waals surface area contributed by atoms with Crippen molar-refractivity contribution in [1.82, 2.24) is 19.9 Å². The Morgan fingerprint density at radius 1 is 0.872 bits per heavy atom. The third kappa shape index (κ3) is 6.24. The number of hydrogen-bond acceptors (Lipinski definition) is 8. The minimum Gasteiger partial charge on any atom is -0.495 e. The van der Waals surface area contributed by atoms with Gasteiger partial charge in [0.1, 0.15) is 5.75 Å². The largest absolute Gasteiger partial charge is 0.495 e. The van der Waals surface area contributed by atoms with E-state index in [1.54, 1.807) is 24.6 Å². The third-order valence-electron chi connectivity index (χ3n) is 7.14. The summed E-state index contributed by atoms with van der Waals surface area (Å²) in [6, 6.07) is 21.1. The van der Waals surface area contributed by atoms with E-state index in [2.05, 4.69) is 58.8 Å². The topological polar surface area (TPSA) is 93.1 Å². The molecule has 0 unspecified atom stereocenters. The molecule has 1 saturated carbocycles. The minimum atomic E-state index is -0.191. The van der Waals surface area contributed by atoms with Crippen molar-refractivity contribution in [2.45, 2.75) is 50.7 Å². The van der Waals surface area contributed by atoms with Gasteiger partial charge in [-0.3, -0.25) is 4.98 Å². The van der Waals surface area contributed by atoms with Crippen LogP contribution in [0.3, 0.4) is 0 Å². The van der Waals surface area contributed by atoms with Crippen LogP contribution in [0, 0.1) is 0 Å². The number of rotatable bonds is 8. The zero-order valence-corrected chi connectivity index (χ0v) is 22.7. The number of anilines is 1. The van der Waals surface area contributed by atoms with Crippen LogP contribution in [-0.2, 0) is 12.8 Å². The molecule has 1 aliphatic carbocycles. The van der Waals surface area contributed by atoms with E-state index in [-0.39, 0.29) is 12.1 Å². The Morgan fingerprint density at radius 2 is 1.67 bits per heavy atom. The van der Waals surface area contributed by atoms with E-state index in [1.807, 2.05) is 18.3 Å². The number of aliphatic hydroxyl groups is 1. The number of benzene rings is 2. The highest BCUT2D eigenvalue weighted by Gasteiger charge is 2.20. The van der Waals surface area contributed by atoms with E-state index < -0.39 is 0 Å². The van der Waals surface area contributed by atoms with Crippen LogP contribution in [0.5, 0.6) is 5.75 Å². The predicted octanol–water partition coefficient (Wildman–Crippen LogP) is 6.05. The fourth-order valence-corrected chi connectivity index (χ4v) is 6.10. The van der Waals surface area contributed by atoms with Crippen molar-refractivity contribution in [2.24, 2.45) is 0 Å². The summed E-state index contributed by atoms with van der Waals surface area (Å²) in [6.45, 7) is 0. The number of thiazole rings is 1. The maximum atomic E-state index is 9.90. The van der Waals surface area contributed by atoms with Gasteiger partial charge in [-0.25, -0.2) is 15.0 Å². The van der Waals surface area contributed by atoms with Crippen molar-refractivity contribution in [3.05, 3.63) is 95.0 Å². The molecule has 0 aliphatic heterocycles. The Labute approximate surface area is 232 Å². The zero-order valence-electron chi connectivity index (χ0n) is 21.9. The van der Waals surface area contributed by atoms with E-state index >= 15 is 0 Å². The molecular weight excluding hydrogens is 506 g/mol. The Balaban J connectivity index is 1.27. The number of nitrogens with zero attached hydrogens (tertiary/aromatic N) is 4. The van der Waals surface area contributed by atoms with Gasteiger partial charge in [-0.2, -0.15) is 0 Å². The van der Waals surface area contributed by atoms with Gasteiger partial charge < -0.3 is 15.2 Å². The van der Waals surface area contributed by atoms with Crippen molar-refractivity contribution in [3.8, 4) is 16.9 Å². The number of hydrogen-bond donors (Lipinski definition) is 2. The molecule has 39 heavy (non-hydrogen) atoms. The molecule has 198 valence electrons. The maximum absolute atomic E-state index is 9.90. The second-order valence-corrected chi connectivity index (χ2v) is 11.2. The van der Waals surface area contributed by atoms with Gasteiger partial charge in [-0.1, -0.05) is 36.4 Å². The Kier molecular flexibility index (Phi) is 7.47. The second-order valence-electron chi connectivity index (χ2n) is 10.1. The highest BCUT2D eigenvalue weighted by molar-refractivity contribution is 7.18. The number of methoxy groups -OCH3 is 1. The molecule has 5 aromatic rings. The van der Waals surface area contributed by atoms with Gasteiger partial charge in [0.2, 0.25) is 5.95 Å². The van der Waals surface area contributed by atoms with Gasteiger partial charge in [0.15, 0.2) is 0 Å². The molecule has 0 bridgehead atoms. The number of aromatic nitrogens is 4. The summed E-state index contributed by atoms with van der Waals surface area (Å²) in [5.41, 5.74) is 6.23. The average Bonchev–Trinajstić information content (AvgIpc) is 3.36. The van der Waals surface area contributed by atoms with Crippen LogP contribution < -0.4 is 10.1 Å². The first kappa shape index (κ1) is 25.4. The fraction of sp³-hybridized carbons (Fsp3) is 0.290. The summed E-state index contributed by atoms with van der Waals surface area (Å²) >= 11 is 1.69. The maximum Gasteiger partial charge on any atom is 0.223 e. The SMILES string of the molecule is COc1cncc(-c2ccc3nc(Cc4cc(Cc5ccccc5)nc(NC5CCC(O)CC5)n4)sc3c2)c1. The van der Waals surface area contributed by atoms with E-state index in [1.165, 1.54) is 5.56 Å². The van der Waals surface area contributed by atoms with Gasteiger partial charge in [0.05, 0.1) is 46.0 Å². The Bertz CT molecular complexity index is 1560. The number of fused-ring (bicyclic) bond motifs is 1. The third-order valence-corrected chi connectivity index (χ3v) is 8.16. The lowest BCUT2D eigenvalue weighted by Gasteiger charge is -2.26. The van der Waals surface area contributed by atoms with Crippen molar-refractivity contribution in [3.63, 3.8) is 0 Å². The molecule has 2 N–H and O–H groups in total. The van der Waals surface area contributed by atoms with E-state index in [0.717, 1.165) is 75.6 Å². The van der Waals surface area contributed by atoms with E-state index in [9.17, 15) is 5.11 Å². The summed E-state index contributed by atoms with van der Waals surface area (Å²) in [5, 5.41) is 14.5. The Morgan fingerprint density at radius 3 is 2.46 bits per heavy atom. The van der Waals surface area contributed by atoms with Crippen LogP contribution in [-0.4, -0.2) is 44.3 Å². The van der Waals surface area contributed by atoms with Crippen LogP contribution >= 0.6 is 11.3 Å². The van der Waals surface area contributed by atoms with Crippen molar-refractivity contribution in [1.29, 1.82) is 0 Å². The first-order valence-corrected chi connectivity index (χ1v) is 14.2. The number of nitrogens with one attached hydrogen (secondary N) is 1. The molecule has 0 amide bonds. The summed E-state index contributed by atoms with van der Waals surface area (Å²) in [6.07, 6.45) is 8.22. The van der Waals surface area contributed by atoms with Crippen molar-refractivity contribution < 1.29 is 9.84 Å². The van der Waals surface area contributed by atoms with E-state index in [4.69, 9.17) is 19.7 Å². The second kappa shape index (κ2) is 11.5. The summed E-state index contributed by atoms with van der Waals surface area (Å²) in [5.74, 6) is 1.40. The van der Waals surface area contributed by atoms with Crippen LogP contribution in [0.4, 0.5) is 5.95 Å². The number of aliphatic hydroxyl groups excluding tert-OH is 1.